The van der Waals surface area contributed by atoms with Gasteiger partial charge in [0.2, 0.25) is 0 Å². The molecule has 0 aliphatic carbocycles. The maximum absolute atomic E-state index is 11.3. The molecular formula is C16H15ClO3. The van der Waals surface area contributed by atoms with E-state index >= 15 is 0 Å². The van der Waals surface area contributed by atoms with Crippen LogP contribution in [-0.2, 0) is 0 Å². The Labute approximate surface area is 123 Å². The molecule has 0 saturated carbocycles. The Bertz CT molecular complexity index is 596. The van der Waals surface area contributed by atoms with E-state index in [0.717, 1.165) is 0 Å². The molecule has 0 atom stereocenters. The van der Waals surface area contributed by atoms with Gasteiger partial charge in [0.25, 0.3) is 0 Å². The van der Waals surface area contributed by atoms with Crippen molar-refractivity contribution < 1.29 is 14.3 Å². The summed E-state index contributed by atoms with van der Waals surface area (Å²) >= 11 is 5.86. The first kappa shape index (κ1) is 14.4. The fourth-order valence-corrected chi connectivity index (χ4v) is 1.86. The van der Waals surface area contributed by atoms with E-state index in [0.29, 0.717) is 35.3 Å². The lowest BCUT2D eigenvalue weighted by Crippen LogP contribution is -2.09. The fourth-order valence-electron chi connectivity index (χ4n) is 1.68. The SMILES string of the molecule is CC(=O)c1cccc(OCCOc2cccc(Cl)c2)c1. The summed E-state index contributed by atoms with van der Waals surface area (Å²) < 4.78 is 11.0. The summed E-state index contributed by atoms with van der Waals surface area (Å²) in [6.07, 6.45) is 0. The molecule has 2 aromatic rings. The molecule has 0 amide bonds. The Hall–Kier alpha value is -2.00. The van der Waals surface area contributed by atoms with Gasteiger partial charge in [0, 0.05) is 10.6 Å². The van der Waals surface area contributed by atoms with Crippen molar-refractivity contribution in [3.05, 3.63) is 59.1 Å². The summed E-state index contributed by atoms with van der Waals surface area (Å²) in [5.41, 5.74) is 0.637. The Morgan fingerprint density at radius 1 is 1.00 bits per heavy atom. The molecule has 104 valence electrons. The highest BCUT2D eigenvalue weighted by molar-refractivity contribution is 6.30. The molecule has 0 heterocycles. The number of Topliss-reactive ketones (excluding diaryl/α,β-unsaturated/α-hetero) is 1. The van der Waals surface area contributed by atoms with Gasteiger partial charge in [0.05, 0.1) is 0 Å². The van der Waals surface area contributed by atoms with Gasteiger partial charge in [-0.1, -0.05) is 29.8 Å². The normalized spacial score (nSPS) is 10.1. The minimum absolute atomic E-state index is 0.0191. The molecule has 0 saturated heterocycles. The van der Waals surface area contributed by atoms with E-state index in [1.54, 1.807) is 30.3 Å². The molecule has 0 aliphatic heterocycles. The Morgan fingerprint density at radius 2 is 1.60 bits per heavy atom. The molecular weight excluding hydrogens is 276 g/mol. The standard InChI is InChI=1S/C16H15ClO3/c1-12(18)13-4-2-6-15(10-13)19-8-9-20-16-7-3-5-14(17)11-16/h2-7,10-11H,8-9H2,1H3. The predicted molar refractivity (Wildman–Crippen MR) is 78.9 cm³/mol. The van der Waals surface area contributed by atoms with E-state index in [1.165, 1.54) is 6.92 Å². The van der Waals surface area contributed by atoms with Gasteiger partial charge in [-0.25, -0.2) is 0 Å². The number of carbonyl (C=O) groups is 1. The van der Waals surface area contributed by atoms with E-state index in [-0.39, 0.29) is 5.78 Å². The molecule has 0 aromatic heterocycles. The number of halogens is 1. The van der Waals surface area contributed by atoms with Crippen LogP contribution in [0.2, 0.25) is 5.02 Å². The van der Waals surface area contributed by atoms with Crippen molar-refractivity contribution in [3.8, 4) is 11.5 Å². The Morgan fingerprint density at radius 3 is 2.20 bits per heavy atom. The van der Waals surface area contributed by atoms with Crippen molar-refractivity contribution in [2.24, 2.45) is 0 Å². The number of benzene rings is 2. The van der Waals surface area contributed by atoms with Crippen molar-refractivity contribution in [1.82, 2.24) is 0 Å². The lowest BCUT2D eigenvalue weighted by molar-refractivity contribution is 0.101. The highest BCUT2D eigenvalue weighted by Crippen LogP contribution is 2.17. The van der Waals surface area contributed by atoms with Gasteiger partial charge in [-0.3, -0.25) is 4.79 Å². The number of carbonyl (C=O) groups excluding carboxylic acids is 1. The maximum atomic E-state index is 11.3. The van der Waals surface area contributed by atoms with Crippen LogP contribution in [0.5, 0.6) is 11.5 Å². The summed E-state index contributed by atoms with van der Waals surface area (Å²) in [6.45, 7) is 2.33. The minimum Gasteiger partial charge on any atom is -0.490 e. The van der Waals surface area contributed by atoms with Crippen LogP contribution < -0.4 is 9.47 Å². The van der Waals surface area contributed by atoms with E-state index < -0.39 is 0 Å². The molecule has 0 bridgehead atoms. The average molecular weight is 291 g/mol. The van der Waals surface area contributed by atoms with Crippen molar-refractivity contribution in [1.29, 1.82) is 0 Å². The van der Waals surface area contributed by atoms with Gasteiger partial charge in [-0.2, -0.15) is 0 Å². The van der Waals surface area contributed by atoms with Crippen LogP contribution >= 0.6 is 11.6 Å². The zero-order valence-corrected chi connectivity index (χ0v) is 11.9. The monoisotopic (exact) mass is 290 g/mol. The van der Waals surface area contributed by atoms with Crippen LogP contribution in [0.1, 0.15) is 17.3 Å². The van der Waals surface area contributed by atoms with Gasteiger partial charge in [-0.15, -0.1) is 0 Å². The third-order valence-electron chi connectivity index (χ3n) is 2.66. The highest BCUT2D eigenvalue weighted by Gasteiger charge is 2.01. The van der Waals surface area contributed by atoms with Crippen LogP contribution in [0.25, 0.3) is 0 Å². The quantitative estimate of drug-likeness (QED) is 0.596. The number of hydrogen-bond donors (Lipinski definition) is 0. The second-order valence-corrected chi connectivity index (χ2v) is 4.67. The molecule has 0 spiro atoms. The molecule has 0 N–H and O–H groups in total. The fraction of sp³-hybridized carbons (Fsp3) is 0.188. The van der Waals surface area contributed by atoms with Crippen molar-refractivity contribution in [2.45, 2.75) is 6.92 Å². The van der Waals surface area contributed by atoms with E-state index in [9.17, 15) is 4.79 Å². The molecule has 2 aromatic carbocycles. The third kappa shape index (κ3) is 4.28. The molecule has 0 radical (unpaired) electrons. The Kier molecular flexibility index (Phi) is 5.02. The first-order chi connectivity index (χ1) is 9.65. The van der Waals surface area contributed by atoms with Crippen molar-refractivity contribution in [3.63, 3.8) is 0 Å². The predicted octanol–water partition coefficient (Wildman–Crippen LogP) is 4.00. The second-order valence-electron chi connectivity index (χ2n) is 4.24. The van der Waals surface area contributed by atoms with Gasteiger partial charge in [0.15, 0.2) is 5.78 Å². The molecule has 3 nitrogen and oxygen atoms in total. The summed E-state index contributed by atoms with van der Waals surface area (Å²) in [5, 5.41) is 0.637. The van der Waals surface area contributed by atoms with Gasteiger partial charge < -0.3 is 9.47 Å². The van der Waals surface area contributed by atoms with Crippen LogP contribution in [0.15, 0.2) is 48.5 Å². The number of ketones is 1. The van der Waals surface area contributed by atoms with E-state index in [1.807, 2.05) is 18.2 Å². The Balaban J connectivity index is 1.81. The van der Waals surface area contributed by atoms with Gasteiger partial charge in [-0.05, 0) is 37.3 Å². The third-order valence-corrected chi connectivity index (χ3v) is 2.89. The summed E-state index contributed by atoms with van der Waals surface area (Å²) in [4.78, 5) is 11.3. The minimum atomic E-state index is 0.0191. The molecule has 20 heavy (non-hydrogen) atoms. The molecule has 0 fully saturated rings. The second kappa shape index (κ2) is 6.96. The lowest BCUT2D eigenvalue weighted by atomic mass is 10.1. The van der Waals surface area contributed by atoms with Gasteiger partial charge in [0.1, 0.15) is 24.7 Å². The maximum Gasteiger partial charge on any atom is 0.159 e. The van der Waals surface area contributed by atoms with Crippen LogP contribution in [0.4, 0.5) is 0 Å². The smallest absolute Gasteiger partial charge is 0.159 e. The first-order valence-corrected chi connectivity index (χ1v) is 6.65. The highest BCUT2D eigenvalue weighted by atomic mass is 35.5. The molecule has 0 aliphatic rings. The lowest BCUT2D eigenvalue weighted by Gasteiger charge is -2.09. The number of rotatable bonds is 6. The molecule has 0 unspecified atom stereocenters. The number of ether oxygens (including phenoxy) is 2. The van der Waals surface area contributed by atoms with Crippen LogP contribution in [0, 0.1) is 0 Å². The first-order valence-electron chi connectivity index (χ1n) is 6.27. The topological polar surface area (TPSA) is 35.5 Å². The molecule has 4 heteroatoms. The average Bonchev–Trinajstić information content (AvgIpc) is 2.44. The molecule has 2 rings (SSSR count). The van der Waals surface area contributed by atoms with Crippen LogP contribution in [0.3, 0.4) is 0 Å². The summed E-state index contributed by atoms with van der Waals surface area (Å²) in [6, 6.07) is 14.3. The largest absolute Gasteiger partial charge is 0.490 e. The number of hydrogen-bond acceptors (Lipinski definition) is 3. The zero-order chi connectivity index (χ0) is 14.4. The summed E-state index contributed by atoms with van der Waals surface area (Å²) in [7, 11) is 0. The van der Waals surface area contributed by atoms with E-state index in [4.69, 9.17) is 21.1 Å². The van der Waals surface area contributed by atoms with Crippen LogP contribution in [-0.4, -0.2) is 19.0 Å². The van der Waals surface area contributed by atoms with Gasteiger partial charge >= 0.3 is 0 Å². The summed E-state index contributed by atoms with van der Waals surface area (Å²) in [5.74, 6) is 1.39. The van der Waals surface area contributed by atoms with Crippen molar-refractivity contribution in [2.75, 3.05) is 13.2 Å². The van der Waals surface area contributed by atoms with Crippen molar-refractivity contribution >= 4 is 17.4 Å². The van der Waals surface area contributed by atoms with E-state index in [2.05, 4.69) is 0 Å². The zero-order valence-electron chi connectivity index (χ0n) is 11.1.